The Morgan fingerprint density at radius 1 is 1.17 bits per heavy atom. The second kappa shape index (κ2) is 14.6. The summed E-state index contributed by atoms with van der Waals surface area (Å²) >= 11 is 20.1. The van der Waals surface area contributed by atoms with Crippen LogP contribution in [0.4, 0.5) is 8.78 Å². The van der Waals surface area contributed by atoms with E-state index < -0.39 is 22.6 Å². The number of rotatable bonds is 3. The van der Waals surface area contributed by atoms with Gasteiger partial charge in [-0.05, 0) is 98.0 Å². The maximum absolute atomic E-state index is 13.2. The van der Waals surface area contributed by atoms with Crippen LogP contribution >= 0.6 is 70.8 Å². The number of hydroxylamine groups is 1. The minimum Gasteiger partial charge on any atom is -0.316 e. The number of aromatic nitrogens is 2. The van der Waals surface area contributed by atoms with Gasteiger partial charge in [-0.2, -0.15) is 19.5 Å². The van der Waals surface area contributed by atoms with E-state index in [9.17, 15) is 13.3 Å². The molecule has 2 aromatic rings. The Labute approximate surface area is 204 Å². The Morgan fingerprint density at radius 3 is 2.00 bits per heavy atom. The highest BCUT2D eigenvalue weighted by Gasteiger charge is 2.19. The summed E-state index contributed by atoms with van der Waals surface area (Å²) < 4.78 is 36.4. The summed E-state index contributed by atoms with van der Waals surface area (Å²) in [7, 11) is 0. The molecule has 0 fully saturated rings. The Morgan fingerprint density at radius 2 is 1.60 bits per heavy atom. The predicted molar refractivity (Wildman–Crippen MR) is 123 cm³/mol. The van der Waals surface area contributed by atoms with Gasteiger partial charge in [-0.15, -0.1) is 0 Å². The van der Waals surface area contributed by atoms with Gasteiger partial charge in [-0.25, -0.2) is 9.97 Å². The van der Waals surface area contributed by atoms with Crippen molar-refractivity contribution in [1.29, 1.82) is 5.26 Å². The maximum Gasteiger partial charge on any atom is 0.339 e. The normalized spacial score (nSPS) is 10.4. The van der Waals surface area contributed by atoms with Crippen LogP contribution in [0.15, 0.2) is 33.5 Å². The van der Waals surface area contributed by atoms with E-state index >= 15 is 0 Å². The minimum absolute atomic E-state index is 0. The summed E-state index contributed by atoms with van der Waals surface area (Å²) in [4.78, 5) is 6.89. The van der Waals surface area contributed by atoms with Crippen molar-refractivity contribution in [3.05, 3.63) is 56.5 Å². The fourth-order valence-electron chi connectivity index (χ4n) is 1.61. The van der Waals surface area contributed by atoms with Gasteiger partial charge in [0.25, 0.3) is 0 Å². The molecule has 2 heterocycles. The Kier molecular flexibility index (Phi) is 15.5. The summed E-state index contributed by atoms with van der Waals surface area (Å²) in [6.45, 7) is 3.54. The lowest BCUT2D eigenvalue weighted by molar-refractivity contribution is 0.0811. The summed E-state index contributed by atoms with van der Waals surface area (Å²) in [6, 6.07) is 4.70. The topological polar surface area (TPSA) is 98.9 Å². The van der Waals surface area contributed by atoms with Crippen molar-refractivity contribution >= 4 is 70.8 Å². The Balaban J connectivity index is 0. The van der Waals surface area contributed by atoms with Gasteiger partial charge in [0.15, 0.2) is 0 Å². The number of nitrogens with one attached hydrogen (secondary N) is 1. The molecule has 2 N–H and O–H groups in total. The monoisotopic (exact) mass is 630 g/mol. The smallest absolute Gasteiger partial charge is 0.316 e. The molecule has 0 atom stereocenters. The zero-order valence-corrected chi connectivity index (χ0v) is 21.1. The molecule has 0 unspecified atom stereocenters. The molecule has 0 radical (unpaired) electrons. The molecular formula is C16H18Br2Cl3F2N4O2P. The van der Waals surface area contributed by atoms with Crippen LogP contribution in [-0.2, 0) is 11.0 Å². The molecule has 0 aromatic carbocycles. The molecule has 30 heavy (non-hydrogen) atoms. The third-order valence-corrected chi connectivity index (χ3v) is 3.61. The average Bonchev–Trinajstić information content (AvgIpc) is 2.59. The fraction of sp³-hybridized carbons (Fsp3) is 0.312. The van der Waals surface area contributed by atoms with Crippen LogP contribution in [0.5, 0.6) is 0 Å². The standard InChI is InChI=1S/C9H12BrFN2O.C6H2BrFN2.CH4.Cl3OP/c1-9(2,13-14)4-6-3-7(10)5-12-8(6)11;7-5-1-4(2-9)6(8)10-3-5;;1-5(2,3)4/h3,5,13-14H,4H2,1-2H3;1,3H;1H4;. The molecule has 168 valence electrons. The highest BCUT2D eigenvalue weighted by atomic mass is 79.9. The summed E-state index contributed by atoms with van der Waals surface area (Å²) in [5.41, 5.74) is 1.98. The molecule has 0 bridgehead atoms. The van der Waals surface area contributed by atoms with Gasteiger partial charge >= 0.3 is 5.20 Å². The quantitative estimate of drug-likeness (QED) is 0.205. The number of nitrogens with zero attached hydrogens (tertiary/aromatic N) is 3. The van der Waals surface area contributed by atoms with Gasteiger partial charge in [-0.3, -0.25) is 4.57 Å². The average molecular weight is 633 g/mol. The maximum atomic E-state index is 13.2. The van der Waals surface area contributed by atoms with Crippen molar-refractivity contribution in [2.45, 2.75) is 33.2 Å². The van der Waals surface area contributed by atoms with Crippen LogP contribution in [0.1, 0.15) is 32.4 Å². The van der Waals surface area contributed by atoms with E-state index in [0.29, 0.717) is 16.5 Å². The highest BCUT2D eigenvalue weighted by molar-refractivity contribution is 9.10. The highest BCUT2D eigenvalue weighted by Crippen LogP contribution is 2.61. The van der Waals surface area contributed by atoms with Crippen molar-refractivity contribution in [3.63, 3.8) is 0 Å². The number of pyridine rings is 2. The largest absolute Gasteiger partial charge is 0.339 e. The Hall–Kier alpha value is -0.370. The lowest BCUT2D eigenvalue weighted by Gasteiger charge is -2.22. The summed E-state index contributed by atoms with van der Waals surface area (Å²) in [6.07, 6.45) is 3.07. The van der Waals surface area contributed by atoms with E-state index in [4.69, 9.17) is 10.5 Å². The molecule has 0 amide bonds. The molecular weight excluding hydrogens is 615 g/mol. The number of nitriles is 1. The fourth-order valence-corrected chi connectivity index (χ4v) is 2.32. The van der Waals surface area contributed by atoms with Gasteiger partial charge < -0.3 is 5.21 Å². The second-order valence-electron chi connectivity index (χ2n) is 5.78. The molecule has 6 nitrogen and oxygen atoms in total. The first-order valence-electron chi connectivity index (χ1n) is 7.30. The lowest BCUT2D eigenvalue weighted by Crippen LogP contribution is -2.39. The first kappa shape index (κ1) is 31.8. The molecule has 0 aliphatic carbocycles. The molecule has 2 aromatic heterocycles. The molecule has 14 heteroatoms. The zero-order chi connectivity index (χ0) is 22.8. The van der Waals surface area contributed by atoms with E-state index in [2.05, 4.69) is 81.0 Å². The third kappa shape index (κ3) is 15.4. The molecule has 2 rings (SSSR count). The van der Waals surface area contributed by atoms with Crippen molar-refractivity contribution in [2.75, 3.05) is 0 Å². The zero-order valence-electron chi connectivity index (χ0n) is 14.8. The van der Waals surface area contributed by atoms with Crippen LogP contribution in [0.2, 0.25) is 0 Å². The molecule has 0 saturated carbocycles. The lowest BCUT2D eigenvalue weighted by atomic mass is 9.97. The molecule has 0 spiro atoms. The van der Waals surface area contributed by atoms with Crippen LogP contribution < -0.4 is 5.48 Å². The molecule has 0 aliphatic rings. The van der Waals surface area contributed by atoms with Crippen molar-refractivity contribution in [2.24, 2.45) is 0 Å². The van der Waals surface area contributed by atoms with E-state index in [0.717, 1.165) is 4.47 Å². The predicted octanol–water partition coefficient (Wildman–Crippen LogP) is 7.58. The van der Waals surface area contributed by atoms with Gasteiger partial charge in [0.05, 0.1) is 0 Å². The van der Waals surface area contributed by atoms with Gasteiger partial charge in [0.2, 0.25) is 11.9 Å². The van der Waals surface area contributed by atoms with E-state index in [1.54, 1.807) is 26.0 Å². The second-order valence-corrected chi connectivity index (χ2v) is 14.2. The van der Waals surface area contributed by atoms with Crippen LogP contribution in [0, 0.1) is 23.2 Å². The first-order chi connectivity index (χ1) is 13.2. The minimum atomic E-state index is -3.22. The van der Waals surface area contributed by atoms with E-state index in [1.807, 2.05) is 0 Å². The summed E-state index contributed by atoms with van der Waals surface area (Å²) in [5, 5.41) is 13.9. The number of halogens is 7. The van der Waals surface area contributed by atoms with Gasteiger partial charge in [-0.1, -0.05) is 7.43 Å². The van der Waals surface area contributed by atoms with E-state index in [1.165, 1.54) is 18.5 Å². The van der Waals surface area contributed by atoms with Gasteiger partial charge in [0, 0.05) is 32.4 Å². The Bertz CT molecular complexity index is 906. The van der Waals surface area contributed by atoms with Crippen molar-refractivity contribution in [1.82, 2.24) is 15.4 Å². The third-order valence-electron chi connectivity index (χ3n) is 2.74. The SMILES string of the molecule is C.CC(C)(Cc1cc(Br)cnc1F)NO.N#Cc1cc(Br)cnc1F.O=P(Cl)(Cl)Cl. The molecule has 0 saturated heterocycles. The number of hydrogen-bond donors (Lipinski definition) is 2. The first-order valence-corrected chi connectivity index (χ1v) is 13.3. The van der Waals surface area contributed by atoms with Gasteiger partial charge in [0.1, 0.15) is 11.6 Å². The molecule has 0 aliphatic heterocycles. The van der Waals surface area contributed by atoms with Crippen LogP contribution in [0.3, 0.4) is 0 Å². The van der Waals surface area contributed by atoms with E-state index in [-0.39, 0.29) is 13.0 Å². The summed E-state index contributed by atoms with van der Waals surface area (Å²) in [5.74, 6) is -1.23. The van der Waals surface area contributed by atoms with Crippen LogP contribution in [0.25, 0.3) is 0 Å². The number of hydrogen-bond acceptors (Lipinski definition) is 6. The van der Waals surface area contributed by atoms with Crippen LogP contribution in [-0.4, -0.2) is 20.7 Å². The van der Waals surface area contributed by atoms with Crippen molar-refractivity contribution in [3.8, 4) is 6.07 Å². The van der Waals surface area contributed by atoms with Crippen molar-refractivity contribution < 1.29 is 18.6 Å².